The van der Waals surface area contributed by atoms with E-state index in [9.17, 15) is 30.3 Å². The van der Waals surface area contributed by atoms with Gasteiger partial charge in [0.15, 0.2) is 6.29 Å². The van der Waals surface area contributed by atoms with Gasteiger partial charge in [-0.05, 0) is 19.8 Å². The van der Waals surface area contributed by atoms with Gasteiger partial charge in [-0.3, -0.25) is 4.79 Å². The highest BCUT2D eigenvalue weighted by Crippen LogP contribution is 2.22. The smallest absolute Gasteiger partial charge is 0.186 e. The van der Waals surface area contributed by atoms with Gasteiger partial charge in [0, 0.05) is 12.8 Å². The van der Waals surface area contributed by atoms with Crippen LogP contribution < -0.4 is 0 Å². The van der Waals surface area contributed by atoms with E-state index in [1.54, 1.807) is 0 Å². The molecule has 238 valence electrons. The van der Waals surface area contributed by atoms with Crippen molar-refractivity contribution in [1.29, 1.82) is 0 Å². The summed E-state index contributed by atoms with van der Waals surface area (Å²) in [5.74, 6) is 0.101. The van der Waals surface area contributed by atoms with Gasteiger partial charge >= 0.3 is 0 Å². The molecule has 1 aliphatic heterocycles. The number of carbonyl (C=O) groups is 1. The summed E-state index contributed by atoms with van der Waals surface area (Å²) >= 11 is 0. The van der Waals surface area contributed by atoms with E-state index in [-0.39, 0.29) is 24.9 Å². The highest BCUT2D eigenvalue weighted by atomic mass is 16.7. The number of rotatable bonds is 27. The lowest BCUT2D eigenvalue weighted by Gasteiger charge is -2.39. The quantitative estimate of drug-likeness (QED) is 0.0830. The van der Waals surface area contributed by atoms with Crippen molar-refractivity contribution in [2.75, 3.05) is 13.2 Å². The van der Waals surface area contributed by atoms with Crippen molar-refractivity contribution in [2.45, 2.75) is 185 Å². The molecular weight excluding hydrogens is 512 g/mol. The summed E-state index contributed by atoms with van der Waals surface area (Å²) in [5, 5.41) is 48.0. The maximum absolute atomic E-state index is 12.1. The number of hydrogen-bond donors (Lipinski definition) is 5. The Morgan fingerprint density at radius 2 is 1.07 bits per heavy atom. The molecule has 0 aliphatic carbocycles. The van der Waals surface area contributed by atoms with E-state index in [4.69, 9.17) is 9.47 Å². The van der Waals surface area contributed by atoms with Crippen LogP contribution in [0.1, 0.15) is 148 Å². The summed E-state index contributed by atoms with van der Waals surface area (Å²) in [4.78, 5) is 12.1. The van der Waals surface area contributed by atoms with Gasteiger partial charge in [-0.15, -0.1) is 0 Å². The zero-order valence-corrected chi connectivity index (χ0v) is 25.4. The number of unbranched alkanes of at least 4 members (excludes halogenated alkanes) is 18. The monoisotopic (exact) mass is 574 g/mol. The first kappa shape index (κ1) is 37.4. The molecule has 0 spiro atoms. The summed E-state index contributed by atoms with van der Waals surface area (Å²) in [5.41, 5.74) is 0. The summed E-state index contributed by atoms with van der Waals surface area (Å²) in [7, 11) is 0. The summed E-state index contributed by atoms with van der Waals surface area (Å²) < 4.78 is 10.7. The molecule has 40 heavy (non-hydrogen) atoms. The van der Waals surface area contributed by atoms with Gasteiger partial charge in [0.05, 0.1) is 19.3 Å². The molecule has 1 aliphatic rings. The molecule has 0 aromatic carbocycles. The van der Waals surface area contributed by atoms with E-state index in [0.29, 0.717) is 6.42 Å². The fraction of sp³-hybridized carbons (Fsp3) is 0.969. The molecule has 0 aromatic rings. The van der Waals surface area contributed by atoms with E-state index in [1.807, 2.05) is 6.92 Å². The number of Topliss-reactive ketones (excluding diaryl/α,β-unsaturated/α-hetero) is 1. The molecule has 0 aromatic heterocycles. The fourth-order valence-corrected chi connectivity index (χ4v) is 5.39. The van der Waals surface area contributed by atoms with E-state index in [2.05, 4.69) is 0 Å². The molecule has 1 fully saturated rings. The van der Waals surface area contributed by atoms with Crippen LogP contribution in [0.25, 0.3) is 0 Å². The van der Waals surface area contributed by atoms with Crippen LogP contribution in [0.15, 0.2) is 0 Å². The first-order valence-corrected chi connectivity index (χ1v) is 16.5. The van der Waals surface area contributed by atoms with E-state index >= 15 is 0 Å². The third kappa shape index (κ3) is 18.7. The molecule has 0 saturated carbocycles. The molecular formula is C32H62O8. The van der Waals surface area contributed by atoms with E-state index < -0.39 is 37.3 Å². The minimum atomic E-state index is -1.47. The maximum atomic E-state index is 12.1. The van der Waals surface area contributed by atoms with Gasteiger partial charge in [0.25, 0.3) is 0 Å². The Morgan fingerprint density at radius 1 is 0.650 bits per heavy atom. The molecule has 1 saturated heterocycles. The van der Waals surface area contributed by atoms with Gasteiger partial charge in [-0.25, -0.2) is 0 Å². The fourth-order valence-electron chi connectivity index (χ4n) is 5.39. The molecule has 1 heterocycles. The predicted molar refractivity (Wildman–Crippen MR) is 158 cm³/mol. The van der Waals surface area contributed by atoms with Crippen LogP contribution in [-0.4, -0.2) is 81.3 Å². The van der Waals surface area contributed by atoms with Gasteiger partial charge in [0.1, 0.15) is 30.2 Å². The van der Waals surface area contributed by atoms with Crippen LogP contribution >= 0.6 is 0 Å². The first-order chi connectivity index (χ1) is 19.4. The number of ketones is 1. The molecule has 6 atom stereocenters. The van der Waals surface area contributed by atoms with Gasteiger partial charge in [-0.1, -0.05) is 116 Å². The summed E-state index contributed by atoms with van der Waals surface area (Å²) in [6.45, 7) is 1.44. The zero-order valence-electron chi connectivity index (χ0n) is 25.4. The number of aliphatic hydroxyl groups is 5. The van der Waals surface area contributed by atoms with Crippen LogP contribution in [0.3, 0.4) is 0 Å². The Labute approximate surface area is 243 Å². The van der Waals surface area contributed by atoms with E-state index in [1.165, 1.54) is 103 Å². The topological polar surface area (TPSA) is 137 Å². The van der Waals surface area contributed by atoms with Crippen LogP contribution in [0.5, 0.6) is 0 Å². The average Bonchev–Trinajstić information content (AvgIpc) is 2.93. The Balaban J connectivity index is 1.80. The number of hydrogen-bond acceptors (Lipinski definition) is 8. The molecule has 1 unspecified atom stereocenters. The second kappa shape index (κ2) is 24.9. The average molecular weight is 575 g/mol. The molecule has 5 N–H and O–H groups in total. The van der Waals surface area contributed by atoms with Crippen molar-refractivity contribution >= 4 is 5.78 Å². The summed E-state index contributed by atoms with van der Waals surface area (Å²) in [6.07, 6.45) is 19.4. The minimum Gasteiger partial charge on any atom is -0.394 e. The third-order valence-electron chi connectivity index (χ3n) is 8.09. The van der Waals surface area contributed by atoms with Gasteiger partial charge < -0.3 is 35.0 Å². The minimum absolute atomic E-state index is 0.0638. The summed E-state index contributed by atoms with van der Waals surface area (Å²) in [6, 6.07) is 0. The Morgan fingerprint density at radius 3 is 1.50 bits per heavy atom. The van der Waals surface area contributed by atoms with Crippen molar-refractivity contribution in [3.05, 3.63) is 0 Å². The Bertz CT molecular complexity index is 585. The van der Waals surface area contributed by atoms with Gasteiger partial charge in [-0.2, -0.15) is 0 Å². The third-order valence-corrected chi connectivity index (χ3v) is 8.09. The first-order valence-electron chi connectivity index (χ1n) is 16.5. The van der Waals surface area contributed by atoms with Crippen molar-refractivity contribution in [2.24, 2.45) is 0 Å². The SMILES string of the molecule is CC(O)CCCCCCCCCCCCCCCCCCCCCC(=O)CCO[C@@H]1O[C@H](CO)[C@@H](O)[C@H](O)[C@H]1O. The second-order valence-corrected chi connectivity index (χ2v) is 12.0. The number of carbonyl (C=O) groups excluding carboxylic acids is 1. The molecule has 0 bridgehead atoms. The largest absolute Gasteiger partial charge is 0.394 e. The van der Waals surface area contributed by atoms with Crippen LogP contribution in [0.4, 0.5) is 0 Å². The van der Waals surface area contributed by atoms with Gasteiger partial charge in [0.2, 0.25) is 0 Å². The lowest BCUT2D eigenvalue weighted by Crippen LogP contribution is -2.59. The highest BCUT2D eigenvalue weighted by Gasteiger charge is 2.43. The Kier molecular flexibility index (Phi) is 23.3. The zero-order chi connectivity index (χ0) is 29.4. The molecule has 8 heteroatoms. The predicted octanol–water partition coefficient (Wildman–Crippen LogP) is 5.34. The van der Waals surface area contributed by atoms with Crippen molar-refractivity contribution in [3.8, 4) is 0 Å². The molecule has 1 rings (SSSR count). The van der Waals surface area contributed by atoms with Crippen molar-refractivity contribution < 1.29 is 39.8 Å². The number of aliphatic hydroxyl groups excluding tert-OH is 5. The standard InChI is InChI=1S/C32H62O8/c1-26(34)21-19-17-15-13-11-9-7-5-3-2-4-6-8-10-12-14-16-18-20-22-27(35)23-24-39-32-31(38)30(37)29(36)28(25-33)40-32/h26,28-34,36-38H,2-25H2,1H3/t26?,28-,29-,30+,31-,32-/m1/s1. The normalized spacial score (nSPS) is 23.9. The Hall–Kier alpha value is -0.610. The molecule has 0 amide bonds. The number of ether oxygens (including phenoxy) is 2. The lowest BCUT2D eigenvalue weighted by molar-refractivity contribution is -0.300. The highest BCUT2D eigenvalue weighted by molar-refractivity contribution is 5.78. The van der Waals surface area contributed by atoms with Crippen LogP contribution in [-0.2, 0) is 14.3 Å². The van der Waals surface area contributed by atoms with E-state index in [0.717, 1.165) is 25.7 Å². The second-order valence-electron chi connectivity index (χ2n) is 12.0. The van der Waals surface area contributed by atoms with Crippen LogP contribution in [0, 0.1) is 0 Å². The molecule has 8 nitrogen and oxygen atoms in total. The van der Waals surface area contributed by atoms with Crippen molar-refractivity contribution in [1.82, 2.24) is 0 Å². The van der Waals surface area contributed by atoms with Crippen LogP contribution in [0.2, 0.25) is 0 Å². The lowest BCUT2D eigenvalue weighted by atomic mass is 9.99. The van der Waals surface area contributed by atoms with Crippen molar-refractivity contribution in [3.63, 3.8) is 0 Å². The molecule has 0 radical (unpaired) electrons. The maximum Gasteiger partial charge on any atom is 0.186 e.